The molecular formula is C34H37ClFN3O4S. The Bertz CT molecular complexity index is 1650. The van der Waals surface area contributed by atoms with Crippen molar-refractivity contribution in [2.24, 2.45) is 0 Å². The molecule has 10 heteroatoms. The molecule has 2 heterocycles. The van der Waals surface area contributed by atoms with E-state index in [1.165, 1.54) is 17.4 Å². The fraction of sp³-hybridized carbons (Fsp3) is 0.382. The quantitative estimate of drug-likeness (QED) is 0.203. The van der Waals surface area contributed by atoms with Gasteiger partial charge in [0.25, 0.3) is 5.91 Å². The lowest BCUT2D eigenvalue weighted by Gasteiger charge is -2.40. The van der Waals surface area contributed by atoms with E-state index in [2.05, 4.69) is 4.98 Å². The highest BCUT2D eigenvalue weighted by atomic mass is 35.5. The Labute approximate surface area is 266 Å². The SMILES string of the molecule is COc1ccc(-c2cccnc2)cc1CN(C(=O)c1sc2cccc(F)c2c1Cl)[C@H]1CC[C@H](N(C)C(=O)OC(C)(C)C)CC1. The largest absolute Gasteiger partial charge is 0.496 e. The highest BCUT2D eigenvalue weighted by Crippen LogP contribution is 2.40. The van der Waals surface area contributed by atoms with E-state index in [0.717, 1.165) is 16.7 Å². The number of aromatic nitrogens is 1. The molecule has 0 saturated heterocycles. The van der Waals surface area contributed by atoms with E-state index in [1.54, 1.807) is 43.6 Å². The van der Waals surface area contributed by atoms with Gasteiger partial charge in [0, 0.05) is 59.3 Å². The lowest BCUT2D eigenvalue weighted by molar-refractivity contribution is 0.0144. The van der Waals surface area contributed by atoms with Crippen molar-refractivity contribution in [1.82, 2.24) is 14.8 Å². The number of ether oxygens (including phenoxy) is 2. The first-order valence-electron chi connectivity index (χ1n) is 14.7. The number of amides is 2. The van der Waals surface area contributed by atoms with Gasteiger partial charge in [-0.05, 0) is 82.3 Å². The Morgan fingerprint density at radius 2 is 1.77 bits per heavy atom. The number of benzene rings is 2. The van der Waals surface area contributed by atoms with Crippen LogP contribution >= 0.6 is 22.9 Å². The Hall–Kier alpha value is -3.69. The molecule has 2 aromatic carbocycles. The molecule has 1 aliphatic carbocycles. The van der Waals surface area contributed by atoms with Gasteiger partial charge < -0.3 is 19.3 Å². The molecule has 2 aromatic heterocycles. The number of methoxy groups -OCH3 is 1. The van der Waals surface area contributed by atoms with Gasteiger partial charge in [0.15, 0.2) is 0 Å². The summed E-state index contributed by atoms with van der Waals surface area (Å²) in [5.74, 6) is -0.0541. The molecule has 0 atom stereocenters. The number of carbonyl (C=O) groups is 2. The number of rotatable bonds is 7. The molecule has 7 nitrogen and oxygen atoms in total. The summed E-state index contributed by atoms with van der Waals surface area (Å²) in [5, 5.41) is 0.397. The van der Waals surface area contributed by atoms with Crippen LogP contribution in [0.1, 0.15) is 61.7 Å². The zero-order valence-electron chi connectivity index (χ0n) is 25.6. The fourth-order valence-corrected chi connectivity index (χ4v) is 7.25. The number of halogens is 2. The van der Waals surface area contributed by atoms with Crippen molar-refractivity contribution in [3.05, 3.63) is 82.2 Å². The van der Waals surface area contributed by atoms with Crippen molar-refractivity contribution in [3.8, 4) is 16.9 Å². The predicted octanol–water partition coefficient (Wildman–Crippen LogP) is 8.58. The molecule has 0 bridgehead atoms. The Morgan fingerprint density at radius 1 is 1.05 bits per heavy atom. The maximum atomic E-state index is 14.8. The number of pyridine rings is 1. The lowest BCUT2D eigenvalue weighted by atomic mass is 9.89. The maximum Gasteiger partial charge on any atom is 0.410 e. The number of fused-ring (bicyclic) bond motifs is 1. The summed E-state index contributed by atoms with van der Waals surface area (Å²) < 4.78 is 26.7. The first-order chi connectivity index (χ1) is 21.0. The molecule has 0 radical (unpaired) electrons. The summed E-state index contributed by atoms with van der Waals surface area (Å²) in [4.78, 5) is 35.2. The summed E-state index contributed by atoms with van der Waals surface area (Å²) in [6.45, 7) is 5.81. The van der Waals surface area contributed by atoms with E-state index < -0.39 is 11.4 Å². The van der Waals surface area contributed by atoms with Crippen molar-refractivity contribution < 1.29 is 23.5 Å². The van der Waals surface area contributed by atoms with Crippen LogP contribution in [0, 0.1) is 5.82 Å². The molecule has 0 aliphatic heterocycles. The third kappa shape index (κ3) is 6.84. The number of hydrogen-bond acceptors (Lipinski definition) is 6. The van der Waals surface area contributed by atoms with Gasteiger partial charge in [0.1, 0.15) is 22.0 Å². The molecule has 5 rings (SSSR count). The van der Waals surface area contributed by atoms with Gasteiger partial charge in [0.05, 0.1) is 12.1 Å². The van der Waals surface area contributed by atoms with Crippen LogP contribution in [0.3, 0.4) is 0 Å². The molecule has 0 spiro atoms. The second kappa shape index (κ2) is 13.1. The van der Waals surface area contributed by atoms with Crippen LogP contribution in [0.15, 0.2) is 60.9 Å². The highest BCUT2D eigenvalue weighted by molar-refractivity contribution is 7.21. The van der Waals surface area contributed by atoms with Crippen LogP contribution < -0.4 is 4.74 Å². The monoisotopic (exact) mass is 637 g/mol. The van der Waals surface area contributed by atoms with Crippen LogP contribution in [0.5, 0.6) is 5.75 Å². The molecule has 0 unspecified atom stereocenters. The standard InChI is InChI=1S/C34H37ClFN3O4S/c1-34(2,3)43-33(41)38(4)24-12-14-25(15-13-24)39(32(40)31-30(35)29-26(36)9-6-10-28(29)44-31)20-23-18-21(11-16-27(23)42-5)22-8-7-17-37-19-22/h6-11,16-19,24-25H,12-15,20H2,1-5H3/t24-,25-. The number of thiophene rings is 1. The van der Waals surface area contributed by atoms with E-state index >= 15 is 0 Å². The minimum Gasteiger partial charge on any atom is -0.496 e. The number of hydrogen-bond donors (Lipinski definition) is 0. The summed E-state index contributed by atoms with van der Waals surface area (Å²) in [6.07, 6.45) is 5.91. The van der Waals surface area contributed by atoms with Gasteiger partial charge in [-0.2, -0.15) is 0 Å². The van der Waals surface area contributed by atoms with Gasteiger partial charge in [-0.3, -0.25) is 9.78 Å². The zero-order chi connectivity index (χ0) is 31.6. The first kappa shape index (κ1) is 31.7. The van der Waals surface area contributed by atoms with Crippen LogP contribution in [-0.2, 0) is 11.3 Å². The fourth-order valence-electron chi connectivity index (χ4n) is 5.74. The van der Waals surface area contributed by atoms with Crippen molar-refractivity contribution in [2.45, 2.75) is 70.7 Å². The average molecular weight is 638 g/mol. The van der Waals surface area contributed by atoms with Gasteiger partial charge in [-0.1, -0.05) is 29.8 Å². The topological polar surface area (TPSA) is 72.0 Å². The minimum atomic E-state index is -0.585. The summed E-state index contributed by atoms with van der Waals surface area (Å²) >= 11 is 7.89. The molecule has 1 aliphatic rings. The first-order valence-corrected chi connectivity index (χ1v) is 15.9. The van der Waals surface area contributed by atoms with Crippen molar-refractivity contribution in [2.75, 3.05) is 14.2 Å². The molecule has 0 N–H and O–H groups in total. The average Bonchev–Trinajstić information content (AvgIpc) is 3.36. The zero-order valence-corrected chi connectivity index (χ0v) is 27.2. The van der Waals surface area contributed by atoms with Crippen LogP contribution in [0.25, 0.3) is 21.2 Å². The van der Waals surface area contributed by atoms with E-state index in [0.29, 0.717) is 41.0 Å². The molecule has 1 fully saturated rings. The van der Waals surface area contributed by atoms with Gasteiger partial charge in [-0.25, -0.2) is 9.18 Å². The molecule has 1 saturated carbocycles. The smallest absolute Gasteiger partial charge is 0.410 e. The number of nitrogens with zero attached hydrogens (tertiary/aromatic N) is 3. The summed E-state index contributed by atoms with van der Waals surface area (Å²) in [6, 6.07) is 14.3. The van der Waals surface area contributed by atoms with Crippen LogP contribution in [0.2, 0.25) is 5.02 Å². The molecule has 232 valence electrons. The lowest BCUT2D eigenvalue weighted by Crippen LogP contribution is -2.47. The third-order valence-electron chi connectivity index (χ3n) is 8.01. The second-order valence-electron chi connectivity index (χ2n) is 12.1. The molecular weight excluding hydrogens is 601 g/mol. The van der Waals surface area contributed by atoms with E-state index in [9.17, 15) is 14.0 Å². The predicted molar refractivity (Wildman–Crippen MR) is 173 cm³/mol. The Kier molecular flexibility index (Phi) is 9.46. The van der Waals surface area contributed by atoms with Crippen molar-refractivity contribution in [1.29, 1.82) is 0 Å². The molecule has 4 aromatic rings. The van der Waals surface area contributed by atoms with Crippen molar-refractivity contribution in [3.63, 3.8) is 0 Å². The summed E-state index contributed by atoms with van der Waals surface area (Å²) in [5.41, 5.74) is 2.14. The van der Waals surface area contributed by atoms with Gasteiger partial charge in [0.2, 0.25) is 0 Å². The summed E-state index contributed by atoms with van der Waals surface area (Å²) in [7, 11) is 3.38. The maximum absolute atomic E-state index is 14.8. The third-order valence-corrected chi connectivity index (χ3v) is 9.65. The van der Waals surface area contributed by atoms with Crippen molar-refractivity contribution >= 4 is 45.0 Å². The van der Waals surface area contributed by atoms with Gasteiger partial charge in [-0.15, -0.1) is 11.3 Å². The van der Waals surface area contributed by atoms with Crippen LogP contribution in [0.4, 0.5) is 9.18 Å². The molecule has 44 heavy (non-hydrogen) atoms. The van der Waals surface area contributed by atoms with Gasteiger partial charge >= 0.3 is 6.09 Å². The second-order valence-corrected chi connectivity index (χ2v) is 13.5. The van der Waals surface area contributed by atoms with E-state index in [-0.39, 0.29) is 41.0 Å². The highest BCUT2D eigenvalue weighted by Gasteiger charge is 2.35. The normalized spacial score (nSPS) is 16.9. The number of carbonyl (C=O) groups excluding carboxylic acids is 2. The Morgan fingerprint density at radius 3 is 2.41 bits per heavy atom. The van der Waals surface area contributed by atoms with E-state index in [4.69, 9.17) is 21.1 Å². The minimum absolute atomic E-state index is 0.0106. The molecule has 2 amide bonds. The van der Waals surface area contributed by atoms with Crippen LogP contribution in [-0.4, -0.2) is 58.6 Å². The Balaban J connectivity index is 1.47. The van der Waals surface area contributed by atoms with E-state index in [1.807, 2.05) is 56.0 Å².